The molecule has 0 N–H and O–H groups in total. The van der Waals surface area contributed by atoms with Crippen LogP contribution in [-0.4, -0.2) is 0 Å². The lowest BCUT2D eigenvalue weighted by molar-refractivity contribution is -0.702. The molecule has 1 rings (SSSR count). The van der Waals surface area contributed by atoms with Gasteiger partial charge in [-0.3, -0.25) is 0 Å². The van der Waals surface area contributed by atoms with Crippen LogP contribution in [0.4, 0.5) is 13.2 Å². The number of aryl methyl sites for hydroxylation is 1. The van der Waals surface area contributed by atoms with Gasteiger partial charge in [0.15, 0.2) is 5.82 Å². The van der Waals surface area contributed by atoms with Crippen LogP contribution < -0.4 is 4.57 Å². The summed E-state index contributed by atoms with van der Waals surface area (Å²) in [6.07, 6.45) is 0.762. The molecule has 1 aromatic heterocycles. The molecule has 1 heterocycles. The van der Waals surface area contributed by atoms with Gasteiger partial charge in [0.1, 0.15) is 7.05 Å². The zero-order chi connectivity index (χ0) is 8.59. The second-order valence-corrected chi connectivity index (χ2v) is 2.32. The quantitative estimate of drug-likeness (QED) is 0.399. The zero-order valence-corrected chi connectivity index (χ0v) is 6.16. The van der Waals surface area contributed by atoms with Crippen molar-refractivity contribution in [3.8, 4) is 0 Å². The van der Waals surface area contributed by atoms with Crippen molar-refractivity contribution >= 4 is 0 Å². The van der Waals surface area contributed by atoms with E-state index >= 15 is 0 Å². The molecule has 0 amide bonds. The van der Waals surface area contributed by atoms with E-state index in [1.165, 1.54) is 14.0 Å². The number of hydrogen-bond acceptors (Lipinski definition) is 0. The monoisotopic (exact) mass is 162 g/mol. The molecule has 0 aliphatic rings. The first-order valence-corrected chi connectivity index (χ1v) is 3.03. The molecule has 0 aliphatic heterocycles. The molecule has 0 bridgehead atoms. The maximum absolute atomic E-state index is 12.7. The van der Waals surface area contributed by atoms with E-state index in [0.717, 1.165) is 10.8 Å². The molecule has 0 unspecified atom stereocenters. The largest absolute Gasteiger partial charge is 0.365 e. The predicted octanol–water partition coefficient (Wildman–Crippen LogP) is 1.24. The minimum absolute atomic E-state index is 0.299. The summed E-state index contributed by atoms with van der Waals surface area (Å²) in [5.74, 6) is -2.92. The Hall–Kier alpha value is -1.06. The van der Waals surface area contributed by atoms with Crippen LogP contribution in [-0.2, 0) is 7.05 Å². The number of aromatic nitrogens is 1. The summed E-state index contributed by atoms with van der Waals surface area (Å²) in [7, 11) is 1.31. The van der Waals surface area contributed by atoms with E-state index in [4.69, 9.17) is 0 Å². The normalized spacial score (nSPS) is 10.3. The Morgan fingerprint density at radius 1 is 1.27 bits per heavy atom. The summed E-state index contributed by atoms with van der Waals surface area (Å²) in [5, 5.41) is 0. The Morgan fingerprint density at radius 2 is 1.82 bits per heavy atom. The van der Waals surface area contributed by atoms with Crippen molar-refractivity contribution < 1.29 is 17.7 Å². The smallest absolute Gasteiger partial charge is 0.203 e. The van der Waals surface area contributed by atoms with E-state index in [2.05, 4.69) is 0 Å². The van der Waals surface area contributed by atoms with E-state index < -0.39 is 17.6 Å². The standard InChI is InChI=1S/C7H7F3N/c1-4-6(9)5(8)3-11(2)7(4)10/h3H,1-2H3/q+1. The van der Waals surface area contributed by atoms with Crippen molar-refractivity contribution in [3.05, 3.63) is 29.3 Å². The third-order valence-electron chi connectivity index (χ3n) is 1.47. The number of pyridine rings is 1. The maximum atomic E-state index is 12.7. The second-order valence-electron chi connectivity index (χ2n) is 2.32. The minimum atomic E-state index is -1.12. The molecule has 0 spiro atoms. The first kappa shape index (κ1) is 8.04. The van der Waals surface area contributed by atoms with Gasteiger partial charge in [-0.15, -0.1) is 4.39 Å². The summed E-state index contributed by atoms with van der Waals surface area (Å²) in [6, 6.07) is 0. The molecular weight excluding hydrogens is 155 g/mol. The fourth-order valence-electron chi connectivity index (χ4n) is 0.818. The van der Waals surface area contributed by atoms with Crippen LogP contribution in [0.1, 0.15) is 5.56 Å². The van der Waals surface area contributed by atoms with Crippen molar-refractivity contribution in [2.45, 2.75) is 6.92 Å². The van der Waals surface area contributed by atoms with E-state index in [9.17, 15) is 13.2 Å². The number of rotatable bonds is 0. The van der Waals surface area contributed by atoms with Crippen LogP contribution in [0.15, 0.2) is 6.20 Å². The first-order chi connectivity index (χ1) is 5.04. The molecule has 60 valence electrons. The third-order valence-corrected chi connectivity index (χ3v) is 1.47. The lowest BCUT2D eigenvalue weighted by Crippen LogP contribution is -2.35. The third kappa shape index (κ3) is 1.20. The van der Waals surface area contributed by atoms with Gasteiger partial charge in [-0.25, -0.2) is 4.39 Å². The summed E-state index contributed by atoms with van der Waals surface area (Å²) in [6.45, 7) is 1.19. The van der Waals surface area contributed by atoms with E-state index in [1.54, 1.807) is 0 Å². The van der Waals surface area contributed by atoms with Gasteiger partial charge in [-0.2, -0.15) is 8.96 Å². The topological polar surface area (TPSA) is 3.88 Å². The highest BCUT2D eigenvalue weighted by Crippen LogP contribution is 2.09. The molecule has 4 heteroatoms. The molecule has 0 radical (unpaired) electrons. The van der Waals surface area contributed by atoms with Gasteiger partial charge in [0.25, 0.3) is 0 Å². The molecular formula is C7H7F3N+. The minimum Gasteiger partial charge on any atom is -0.203 e. The highest BCUT2D eigenvalue weighted by molar-refractivity contribution is 5.09. The average Bonchev–Trinajstić information content (AvgIpc) is 1.97. The van der Waals surface area contributed by atoms with Crippen molar-refractivity contribution in [3.63, 3.8) is 0 Å². The molecule has 0 saturated carbocycles. The molecule has 0 fully saturated rings. The fraction of sp³-hybridized carbons (Fsp3) is 0.286. The SMILES string of the molecule is Cc1c(F)c(F)c[n+](C)c1F. The first-order valence-electron chi connectivity index (χ1n) is 3.03. The van der Waals surface area contributed by atoms with Gasteiger partial charge >= 0.3 is 5.95 Å². The van der Waals surface area contributed by atoms with Gasteiger partial charge in [0.05, 0.1) is 5.56 Å². The average molecular weight is 162 g/mol. The molecule has 11 heavy (non-hydrogen) atoms. The van der Waals surface area contributed by atoms with E-state index in [1.807, 2.05) is 0 Å². The van der Waals surface area contributed by atoms with Crippen LogP contribution in [0.25, 0.3) is 0 Å². The molecule has 0 aromatic carbocycles. The van der Waals surface area contributed by atoms with Crippen molar-refractivity contribution in [2.24, 2.45) is 7.05 Å². The summed E-state index contributed by atoms with van der Waals surface area (Å²) < 4.78 is 38.6. The molecule has 0 aliphatic carbocycles. The number of hydrogen-bond donors (Lipinski definition) is 0. The fourth-order valence-corrected chi connectivity index (χ4v) is 0.818. The highest BCUT2D eigenvalue weighted by Gasteiger charge is 2.18. The number of nitrogens with zero attached hydrogens (tertiary/aromatic N) is 1. The number of halogens is 3. The van der Waals surface area contributed by atoms with Gasteiger partial charge in [0, 0.05) is 0 Å². The van der Waals surface area contributed by atoms with Crippen molar-refractivity contribution in [1.82, 2.24) is 0 Å². The Labute approximate surface area is 62.1 Å². The predicted molar refractivity (Wildman–Crippen MR) is 32.2 cm³/mol. The Morgan fingerprint density at radius 3 is 2.36 bits per heavy atom. The summed E-state index contributed by atoms with van der Waals surface area (Å²) >= 11 is 0. The van der Waals surface area contributed by atoms with E-state index in [0.29, 0.717) is 0 Å². The van der Waals surface area contributed by atoms with Crippen molar-refractivity contribution in [1.29, 1.82) is 0 Å². The van der Waals surface area contributed by atoms with Crippen LogP contribution in [0.3, 0.4) is 0 Å². The maximum Gasteiger partial charge on any atom is 0.365 e. The Bertz CT molecular complexity index is 270. The summed E-state index contributed by atoms with van der Waals surface area (Å²) in [4.78, 5) is 0. The van der Waals surface area contributed by atoms with Crippen molar-refractivity contribution in [2.75, 3.05) is 0 Å². The van der Waals surface area contributed by atoms with Crippen LogP contribution in [0, 0.1) is 24.5 Å². The summed E-state index contributed by atoms with van der Waals surface area (Å²) in [5.41, 5.74) is -0.299. The Kier molecular flexibility index (Phi) is 1.85. The van der Waals surface area contributed by atoms with Gasteiger partial charge in [-0.1, -0.05) is 0 Å². The van der Waals surface area contributed by atoms with Gasteiger partial charge < -0.3 is 0 Å². The van der Waals surface area contributed by atoms with Crippen LogP contribution >= 0.6 is 0 Å². The molecule has 0 saturated heterocycles. The lowest BCUT2D eigenvalue weighted by Gasteiger charge is -1.96. The van der Waals surface area contributed by atoms with Gasteiger partial charge in [0.2, 0.25) is 12.0 Å². The molecule has 1 nitrogen and oxygen atoms in total. The van der Waals surface area contributed by atoms with Gasteiger partial charge in [-0.05, 0) is 6.92 Å². The molecule has 0 atom stereocenters. The highest BCUT2D eigenvalue weighted by atomic mass is 19.2. The second kappa shape index (κ2) is 2.53. The van der Waals surface area contributed by atoms with Crippen LogP contribution in [0.2, 0.25) is 0 Å². The van der Waals surface area contributed by atoms with Crippen LogP contribution in [0.5, 0.6) is 0 Å². The molecule has 1 aromatic rings. The van der Waals surface area contributed by atoms with E-state index in [-0.39, 0.29) is 5.56 Å². The lowest BCUT2D eigenvalue weighted by atomic mass is 10.3. The Balaban J connectivity index is 3.46. The zero-order valence-electron chi connectivity index (χ0n) is 6.16.